The zero-order valence-electron chi connectivity index (χ0n) is 9.35. The third-order valence-electron chi connectivity index (χ3n) is 2.28. The molecule has 0 atom stereocenters. The summed E-state index contributed by atoms with van der Waals surface area (Å²) >= 11 is 3.44. The zero-order chi connectivity index (χ0) is 12.3. The first-order valence-electron chi connectivity index (χ1n) is 5.19. The summed E-state index contributed by atoms with van der Waals surface area (Å²) in [4.78, 5) is 4.09. The second-order valence-electron chi connectivity index (χ2n) is 3.70. The smallest absolute Gasteiger partial charge is 0.219 e. The molecule has 0 aliphatic heterocycles. The zero-order valence-corrected chi connectivity index (χ0v) is 10.9. The number of pyridine rings is 1. The Morgan fingerprint density at radius 3 is 2.82 bits per heavy atom. The summed E-state index contributed by atoms with van der Waals surface area (Å²) in [6.45, 7) is 1.99. The van der Waals surface area contributed by atoms with Crippen LogP contribution < -0.4 is 4.74 Å². The van der Waals surface area contributed by atoms with Crippen LogP contribution in [0.15, 0.2) is 41.0 Å². The van der Waals surface area contributed by atoms with Crippen LogP contribution >= 0.6 is 15.9 Å². The van der Waals surface area contributed by atoms with Gasteiger partial charge in [-0.3, -0.25) is 0 Å². The van der Waals surface area contributed by atoms with Crippen molar-refractivity contribution in [3.63, 3.8) is 0 Å². The average Bonchev–Trinajstić information content (AvgIpc) is 2.33. The van der Waals surface area contributed by atoms with Crippen molar-refractivity contribution in [2.24, 2.45) is 0 Å². The minimum absolute atomic E-state index is 0.0199. The van der Waals surface area contributed by atoms with Crippen molar-refractivity contribution in [3.05, 3.63) is 52.1 Å². The van der Waals surface area contributed by atoms with E-state index in [1.807, 2.05) is 25.1 Å². The van der Waals surface area contributed by atoms with Gasteiger partial charge < -0.3 is 9.84 Å². The van der Waals surface area contributed by atoms with Crippen LogP contribution in [-0.4, -0.2) is 10.1 Å². The molecule has 1 aromatic heterocycles. The van der Waals surface area contributed by atoms with E-state index in [9.17, 15) is 0 Å². The molecule has 0 saturated heterocycles. The molecule has 1 N–H and O–H groups in total. The Hall–Kier alpha value is -1.39. The van der Waals surface area contributed by atoms with Gasteiger partial charge in [0.1, 0.15) is 5.75 Å². The number of ether oxygens (including phenoxy) is 1. The molecule has 0 fully saturated rings. The van der Waals surface area contributed by atoms with Crippen LogP contribution in [0.2, 0.25) is 0 Å². The Morgan fingerprint density at radius 2 is 2.12 bits per heavy atom. The molecule has 0 saturated carbocycles. The van der Waals surface area contributed by atoms with Crippen LogP contribution in [0.25, 0.3) is 0 Å². The van der Waals surface area contributed by atoms with E-state index >= 15 is 0 Å². The topological polar surface area (TPSA) is 42.4 Å². The molecule has 0 radical (unpaired) electrons. The predicted octanol–water partition coefficient (Wildman–Crippen LogP) is 3.44. The third kappa shape index (κ3) is 3.05. The highest BCUT2D eigenvalue weighted by atomic mass is 79.9. The molecule has 4 heteroatoms. The van der Waals surface area contributed by atoms with Gasteiger partial charge >= 0.3 is 0 Å². The molecular formula is C13H12BrNO2. The lowest BCUT2D eigenvalue weighted by molar-refractivity contribution is 0.281. The van der Waals surface area contributed by atoms with Gasteiger partial charge in [0.15, 0.2) is 0 Å². The van der Waals surface area contributed by atoms with Gasteiger partial charge in [-0.15, -0.1) is 0 Å². The van der Waals surface area contributed by atoms with Crippen LogP contribution in [0.5, 0.6) is 11.6 Å². The van der Waals surface area contributed by atoms with Gasteiger partial charge in [-0.25, -0.2) is 4.98 Å². The highest BCUT2D eigenvalue weighted by molar-refractivity contribution is 9.10. The fourth-order valence-electron chi connectivity index (χ4n) is 1.41. The van der Waals surface area contributed by atoms with Crippen molar-refractivity contribution in [2.45, 2.75) is 13.5 Å². The maximum absolute atomic E-state index is 9.03. The molecule has 0 aliphatic carbocycles. The number of aryl methyl sites for hydroxylation is 1. The first-order valence-corrected chi connectivity index (χ1v) is 5.98. The van der Waals surface area contributed by atoms with Crippen LogP contribution in [0.4, 0.5) is 0 Å². The van der Waals surface area contributed by atoms with Crippen LogP contribution in [0.3, 0.4) is 0 Å². The standard InChI is InChI=1S/C13H12BrNO2/c1-9-2-3-12(11(14)6-9)17-13-7-10(8-16)4-5-15-13/h2-7,16H,8H2,1H3. The highest BCUT2D eigenvalue weighted by Crippen LogP contribution is 2.29. The molecule has 1 heterocycles. The summed E-state index contributed by atoms with van der Waals surface area (Å²) < 4.78 is 6.52. The molecule has 0 aliphatic rings. The molecule has 2 rings (SSSR count). The molecule has 0 spiro atoms. The predicted molar refractivity (Wildman–Crippen MR) is 69.1 cm³/mol. The molecular weight excluding hydrogens is 282 g/mol. The van der Waals surface area contributed by atoms with Gasteiger partial charge in [0, 0.05) is 12.3 Å². The van der Waals surface area contributed by atoms with Crippen LogP contribution in [0, 0.1) is 6.92 Å². The molecule has 0 bridgehead atoms. The number of benzene rings is 1. The van der Waals surface area contributed by atoms with Gasteiger partial charge in [-0.05, 0) is 52.2 Å². The summed E-state index contributed by atoms with van der Waals surface area (Å²) in [6.07, 6.45) is 1.61. The van der Waals surface area contributed by atoms with Crippen molar-refractivity contribution in [1.29, 1.82) is 0 Å². The molecule has 88 valence electrons. The Balaban J connectivity index is 2.25. The normalized spacial score (nSPS) is 10.3. The number of halogens is 1. The summed E-state index contributed by atoms with van der Waals surface area (Å²) in [5.41, 5.74) is 1.93. The third-order valence-corrected chi connectivity index (χ3v) is 2.90. The fourth-order valence-corrected chi connectivity index (χ4v) is 1.98. The lowest BCUT2D eigenvalue weighted by Gasteiger charge is -2.08. The Kier molecular flexibility index (Phi) is 3.76. The molecule has 0 amide bonds. The van der Waals surface area contributed by atoms with Crippen molar-refractivity contribution in [1.82, 2.24) is 4.98 Å². The Morgan fingerprint density at radius 1 is 1.29 bits per heavy atom. The average molecular weight is 294 g/mol. The van der Waals surface area contributed by atoms with Gasteiger partial charge in [-0.2, -0.15) is 0 Å². The number of aliphatic hydroxyl groups excluding tert-OH is 1. The first kappa shape index (κ1) is 12.1. The molecule has 1 aromatic carbocycles. The Labute approximate surface area is 108 Å². The second-order valence-corrected chi connectivity index (χ2v) is 4.55. The van der Waals surface area contributed by atoms with Crippen molar-refractivity contribution in [2.75, 3.05) is 0 Å². The Bertz CT molecular complexity index is 529. The maximum Gasteiger partial charge on any atom is 0.219 e. The van der Waals surface area contributed by atoms with E-state index in [1.165, 1.54) is 0 Å². The first-order chi connectivity index (χ1) is 8.19. The number of hydrogen-bond acceptors (Lipinski definition) is 3. The van der Waals surface area contributed by atoms with E-state index in [4.69, 9.17) is 9.84 Å². The van der Waals surface area contributed by atoms with Gasteiger partial charge in [-0.1, -0.05) is 6.07 Å². The van der Waals surface area contributed by atoms with Gasteiger partial charge in [0.25, 0.3) is 0 Å². The van der Waals surface area contributed by atoms with Gasteiger partial charge in [0.05, 0.1) is 11.1 Å². The summed E-state index contributed by atoms with van der Waals surface area (Å²) in [7, 11) is 0. The van der Waals surface area contributed by atoms with Crippen LogP contribution in [-0.2, 0) is 6.61 Å². The number of aliphatic hydroxyl groups is 1. The molecule has 0 unspecified atom stereocenters. The van der Waals surface area contributed by atoms with Gasteiger partial charge in [0.2, 0.25) is 5.88 Å². The summed E-state index contributed by atoms with van der Waals surface area (Å²) in [5.74, 6) is 1.18. The monoisotopic (exact) mass is 293 g/mol. The number of nitrogens with zero attached hydrogens (tertiary/aromatic N) is 1. The van der Waals surface area contributed by atoms with Crippen molar-refractivity contribution < 1.29 is 9.84 Å². The molecule has 17 heavy (non-hydrogen) atoms. The maximum atomic E-state index is 9.03. The molecule has 2 aromatic rings. The SMILES string of the molecule is Cc1ccc(Oc2cc(CO)ccn2)c(Br)c1. The van der Waals surface area contributed by atoms with Crippen LogP contribution in [0.1, 0.15) is 11.1 Å². The number of hydrogen-bond donors (Lipinski definition) is 1. The van der Waals surface area contributed by atoms with E-state index in [-0.39, 0.29) is 6.61 Å². The number of rotatable bonds is 3. The summed E-state index contributed by atoms with van der Waals surface area (Å²) in [5, 5.41) is 9.03. The largest absolute Gasteiger partial charge is 0.438 e. The van der Waals surface area contributed by atoms with Crippen molar-refractivity contribution >= 4 is 15.9 Å². The number of aromatic nitrogens is 1. The fraction of sp³-hybridized carbons (Fsp3) is 0.154. The minimum atomic E-state index is -0.0199. The lowest BCUT2D eigenvalue weighted by atomic mass is 10.2. The van der Waals surface area contributed by atoms with E-state index < -0.39 is 0 Å². The second kappa shape index (κ2) is 5.29. The van der Waals surface area contributed by atoms with E-state index in [1.54, 1.807) is 18.3 Å². The van der Waals surface area contributed by atoms with E-state index in [2.05, 4.69) is 20.9 Å². The summed E-state index contributed by atoms with van der Waals surface area (Å²) in [6, 6.07) is 9.29. The molecule has 3 nitrogen and oxygen atoms in total. The highest BCUT2D eigenvalue weighted by Gasteiger charge is 2.04. The lowest BCUT2D eigenvalue weighted by Crippen LogP contribution is -1.91. The minimum Gasteiger partial charge on any atom is -0.438 e. The van der Waals surface area contributed by atoms with E-state index in [0.29, 0.717) is 11.6 Å². The quantitative estimate of drug-likeness (QED) is 0.943. The van der Waals surface area contributed by atoms with E-state index in [0.717, 1.165) is 15.6 Å². The van der Waals surface area contributed by atoms with Crippen molar-refractivity contribution in [3.8, 4) is 11.6 Å².